The van der Waals surface area contributed by atoms with Crippen LogP contribution in [0.5, 0.6) is 17.2 Å². The van der Waals surface area contributed by atoms with E-state index < -0.39 is 6.10 Å². The lowest BCUT2D eigenvalue weighted by molar-refractivity contribution is 0.0656. The minimum Gasteiger partial charge on any atom is -0.504 e. The molecule has 3 N–H and O–H groups in total. The summed E-state index contributed by atoms with van der Waals surface area (Å²) < 4.78 is 5.83. The van der Waals surface area contributed by atoms with Gasteiger partial charge in [-0.1, -0.05) is 24.3 Å². The number of hydrogen-bond acceptors (Lipinski definition) is 4. The maximum Gasteiger partial charge on any atom is 0.157 e. The van der Waals surface area contributed by atoms with Crippen molar-refractivity contribution in [3.8, 4) is 17.2 Å². The first-order valence-electron chi connectivity index (χ1n) is 6.10. The summed E-state index contributed by atoms with van der Waals surface area (Å²) in [7, 11) is 0. The van der Waals surface area contributed by atoms with Gasteiger partial charge in [0.15, 0.2) is 11.5 Å². The fraction of sp³-hybridized carbons (Fsp3) is 0.200. The Kier molecular flexibility index (Phi) is 2.80. The van der Waals surface area contributed by atoms with Crippen molar-refractivity contribution in [3.63, 3.8) is 0 Å². The van der Waals surface area contributed by atoms with E-state index in [1.807, 2.05) is 24.3 Å². The third kappa shape index (κ3) is 2.11. The number of phenols is 2. The predicted molar refractivity (Wildman–Crippen MR) is 69.2 cm³/mol. The topological polar surface area (TPSA) is 69.9 Å². The van der Waals surface area contributed by atoms with E-state index in [1.165, 1.54) is 12.1 Å². The molecule has 0 spiro atoms. The molecule has 2 atom stereocenters. The van der Waals surface area contributed by atoms with Crippen molar-refractivity contribution in [2.24, 2.45) is 0 Å². The molecule has 0 bridgehead atoms. The van der Waals surface area contributed by atoms with Gasteiger partial charge in [-0.2, -0.15) is 0 Å². The van der Waals surface area contributed by atoms with Crippen LogP contribution in [0.25, 0.3) is 0 Å². The largest absolute Gasteiger partial charge is 0.504 e. The molecule has 1 aliphatic heterocycles. The molecule has 0 amide bonds. The fourth-order valence-corrected chi connectivity index (χ4v) is 2.34. The van der Waals surface area contributed by atoms with E-state index in [-0.39, 0.29) is 17.6 Å². The molecule has 0 saturated carbocycles. The molecule has 0 aliphatic carbocycles. The summed E-state index contributed by atoms with van der Waals surface area (Å²) in [5.41, 5.74) is 1.51. The van der Waals surface area contributed by atoms with Crippen molar-refractivity contribution < 1.29 is 20.1 Å². The van der Waals surface area contributed by atoms with Crippen LogP contribution in [0.15, 0.2) is 42.5 Å². The van der Waals surface area contributed by atoms with Gasteiger partial charge >= 0.3 is 0 Å². The molecule has 98 valence electrons. The van der Waals surface area contributed by atoms with Gasteiger partial charge in [0, 0.05) is 12.0 Å². The number of fused-ring (bicyclic) bond motifs is 1. The second-order valence-corrected chi connectivity index (χ2v) is 4.64. The molecule has 0 aromatic heterocycles. The van der Waals surface area contributed by atoms with Crippen LogP contribution in [0.1, 0.15) is 29.8 Å². The Bertz CT molecular complexity index is 609. The van der Waals surface area contributed by atoms with Gasteiger partial charge in [0.2, 0.25) is 0 Å². The Labute approximate surface area is 110 Å². The molecule has 0 radical (unpaired) electrons. The number of rotatable bonds is 1. The van der Waals surface area contributed by atoms with Crippen molar-refractivity contribution in [2.45, 2.75) is 18.6 Å². The van der Waals surface area contributed by atoms with Crippen molar-refractivity contribution in [3.05, 3.63) is 53.6 Å². The zero-order chi connectivity index (χ0) is 13.4. The molecule has 0 unspecified atom stereocenters. The van der Waals surface area contributed by atoms with Crippen LogP contribution >= 0.6 is 0 Å². The smallest absolute Gasteiger partial charge is 0.157 e. The molecule has 0 fully saturated rings. The molecule has 1 heterocycles. The molecule has 2 aromatic rings. The van der Waals surface area contributed by atoms with Crippen LogP contribution in [0.3, 0.4) is 0 Å². The number of para-hydroxylation sites is 1. The first-order valence-corrected chi connectivity index (χ1v) is 6.10. The van der Waals surface area contributed by atoms with Crippen LogP contribution < -0.4 is 4.74 Å². The van der Waals surface area contributed by atoms with Crippen molar-refractivity contribution >= 4 is 0 Å². The first-order chi connectivity index (χ1) is 9.15. The number of aromatic hydroxyl groups is 2. The van der Waals surface area contributed by atoms with Gasteiger partial charge < -0.3 is 20.1 Å². The van der Waals surface area contributed by atoms with Crippen LogP contribution in [0.4, 0.5) is 0 Å². The predicted octanol–water partition coefficient (Wildman–Crippen LogP) is 2.66. The zero-order valence-electron chi connectivity index (χ0n) is 10.2. The maximum absolute atomic E-state index is 10.1. The number of hydrogen-bond donors (Lipinski definition) is 3. The molecule has 1 aliphatic rings. The van der Waals surface area contributed by atoms with Gasteiger partial charge in [-0.3, -0.25) is 0 Å². The minimum atomic E-state index is -0.592. The van der Waals surface area contributed by atoms with Gasteiger partial charge in [-0.25, -0.2) is 0 Å². The SMILES string of the molecule is Oc1ccc([C@H]2C[C@H](O)c3ccccc3O2)cc1O. The summed E-state index contributed by atoms with van der Waals surface area (Å²) in [5, 5.41) is 29.0. The first kappa shape index (κ1) is 11.9. The highest BCUT2D eigenvalue weighted by atomic mass is 16.5. The second kappa shape index (κ2) is 4.48. The van der Waals surface area contributed by atoms with Gasteiger partial charge in [-0.05, 0) is 23.8 Å². The standard InChI is InChI=1S/C15H14O4/c16-11-6-5-9(7-13(11)18)15-8-12(17)10-3-1-2-4-14(10)19-15/h1-7,12,15-18H,8H2/t12-,15+/m0/s1. The Morgan fingerprint density at radius 2 is 1.79 bits per heavy atom. The average Bonchev–Trinajstić information content (AvgIpc) is 2.42. The van der Waals surface area contributed by atoms with E-state index in [9.17, 15) is 15.3 Å². The number of phenolic OH excluding ortho intramolecular Hbond substituents is 2. The molecule has 3 rings (SSSR count). The highest BCUT2D eigenvalue weighted by molar-refractivity contribution is 5.43. The summed E-state index contributed by atoms with van der Waals surface area (Å²) in [6.45, 7) is 0. The zero-order valence-corrected chi connectivity index (χ0v) is 10.2. The molecule has 4 heteroatoms. The molecule has 4 nitrogen and oxygen atoms in total. The van der Waals surface area contributed by atoms with Crippen LogP contribution in [-0.2, 0) is 0 Å². The monoisotopic (exact) mass is 258 g/mol. The number of aliphatic hydroxyl groups excluding tert-OH is 1. The molecular weight excluding hydrogens is 244 g/mol. The van der Waals surface area contributed by atoms with Crippen LogP contribution in [-0.4, -0.2) is 15.3 Å². The Morgan fingerprint density at radius 1 is 1.00 bits per heavy atom. The lowest BCUT2D eigenvalue weighted by Crippen LogP contribution is -2.18. The highest BCUT2D eigenvalue weighted by Crippen LogP contribution is 2.41. The van der Waals surface area contributed by atoms with Gasteiger partial charge in [-0.15, -0.1) is 0 Å². The minimum absolute atomic E-state index is 0.166. The summed E-state index contributed by atoms with van der Waals surface area (Å²) in [5.74, 6) is 0.300. The third-order valence-corrected chi connectivity index (χ3v) is 3.36. The summed E-state index contributed by atoms with van der Waals surface area (Å²) in [4.78, 5) is 0. The quantitative estimate of drug-likeness (QED) is 0.688. The Balaban J connectivity index is 1.94. The third-order valence-electron chi connectivity index (χ3n) is 3.36. The normalized spacial score (nSPS) is 21.5. The summed E-state index contributed by atoms with van der Waals surface area (Å²) >= 11 is 0. The van der Waals surface area contributed by atoms with Gasteiger partial charge in [0.05, 0.1) is 6.10 Å². The van der Waals surface area contributed by atoms with E-state index in [0.29, 0.717) is 12.2 Å². The number of aliphatic hydroxyl groups is 1. The van der Waals surface area contributed by atoms with Gasteiger partial charge in [0.1, 0.15) is 11.9 Å². The number of ether oxygens (including phenoxy) is 1. The lowest BCUT2D eigenvalue weighted by Gasteiger charge is -2.29. The molecule has 19 heavy (non-hydrogen) atoms. The van der Waals surface area contributed by atoms with Crippen LogP contribution in [0, 0.1) is 0 Å². The van der Waals surface area contributed by atoms with Crippen molar-refractivity contribution in [2.75, 3.05) is 0 Å². The van der Waals surface area contributed by atoms with E-state index >= 15 is 0 Å². The molecular formula is C15H14O4. The Hall–Kier alpha value is -2.20. The van der Waals surface area contributed by atoms with E-state index in [2.05, 4.69) is 0 Å². The highest BCUT2D eigenvalue weighted by Gasteiger charge is 2.28. The van der Waals surface area contributed by atoms with Crippen LogP contribution in [0.2, 0.25) is 0 Å². The van der Waals surface area contributed by atoms with Crippen molar-refractivity contribution in [1.29, 1.82) is 0 Å². The lowest BCUT2D eigenvalue weighted by atomic mass is 9.95. The molecule has 0 saturated heterocycles. The van der Waals surface area contributed by atoms with E-state index in [0.717, 1.165) is 11.1 Å². The molecule has 2 aromatic carbocycles. The Morgan fingerprint density at radius 3 is 2.58 bits per heavy atom. The number of benzene rings is 2. The second-order valence-electron chi connectivity index (χ2n) is 4.64. The maximum atomic E-state index is 10.1. The van der Waals surface area contributed by atoms with E-state index in [1.54, 1.807) is 6.07 Å². The fourth-order valence-electron chi connectivity index (χ4n) is 2.34. The summed E-state index contributed by atoms with van der Waals surface area (Å²) in [6, 6.07) is 11.9. The van der Waals surface area contributed by atoms with E-state index in [4.69, 9.17) is 4.74 Å². The van der Waals surface area contributed by atoms with Crippen molar-refractivity contribution in [1.82, 2.24) is 0 Å². The van der Waals surface area contributed by atoms with Gasteiger partial charge in [0.25, 0.3) is 0 Å². The summed E-state index contributed by atoms with van der Waals surface area (Å²) in [6.07, 6.45) is -0.511. The average molecular weight is 258 g/mol.